The number of benzene rings is 1. The summed E-state index contributed by atoms with van der Waals surface area (Å²) in [4.78, 5) is 14.4. The van der Waals surface area contributed by atoms with Crippen molar-refractivity contribution < 1.29 is 9.90 Å². The van der Waals surface area contributed by atoms with Gasteiger partial charge in [-0.1, -0.05) is 12.1 Å². The second kappa shape index (κ2) is 4.43. The van der Waals surface area contributed by atoms with Crippen LogP contribution in [0.4, 0.5) is 5.69 Å². The summed E-state index contributed by atoms with van der Waals surface area (Å²) in [6.45, 7) is 0. The van der Waals surface area contributed by atoms with Crippen molar-refractivity contribution in [3.8, 4) is 0 Å². The van der Waals surface area contributed by atoms with E-state index in [0.29, 0.717) is 11.3 Å². The third-order valence-corrected chi connectivity index (χ3v) is 1.75. The maximum Gasteiger partial charge on any atom is 0.325 e. The lowest BCUT2D eigenvalue weighted by molar-refractivity contribution is -0.138. The van der Waals surface area contributed by atoms with Gasteiger partial charge in [-0.05, 0) is 17.7 Å². The first-order valence-electron chi connectivity index (χ1n) is 4.18. The van der Waals surface area contributed by atoms with Crippen molar-refractivity contribution in [1.82, 2.24) is 0 Å². The number of aliphatic imine (C=N–C) groups is 1. The summed E-state index contributed by atoms with van der Waals surface area (Å²) in [5.41, 5.74) is 16.7. The van der Waals surface area contributed by atoms with Crippen LogP contribution in [-0.4, -0.2) is 17.0 Å². The molecule has 1 aromatic rings. The summed E-state index contributed by atoms with van der Waals surface area (Å²) >= 11 is 0. The summed E-state index contributed by atoms with van der Waals surface area (Å²) in [5, 5.41) is 8.70. The minimum atomic E-state index is -1.10. The lowest BCUT2D eigenvalue weighted by Crippen LogP contribution is -2.22. The van der Waals surface area contributed by atoms with Crippen LogP contribution in [0.5, 0.6) is 0 Å². The van der Waals surface area contributed by atoms with Crippen molar-refractivity contribution in [2.75, 3.05) is 0 Å². The lowest BCUT2D eigenvalue weighted by atomic mass is 10.1. The van der Waals surface area contributed by atoms with Gasteiger partial charge >= 0.3 is 5.97 Å². The topological polar surface area (TPSA) is 128 Å². The quantitative estimate of drug-likeness (QED) is 0.399. The zero-order chi connectivity index (χ0) is 11.4. The van der Waals surface area contributed by atoms with E-state index in [1.165, 1.54) is 6.07 Å². The predicted molar refractivity (Wildman–Crippen MR) is 56.5 cm³/mol. The Bertz CT molecular complexity index is 399. The van der Waals surface area contributed by atoms with Crippen molar-refractivity contribution in [2.45, 2.75) is 6.04 Å². The molecule has 0 saturated carbocycles. The Hall–Kier alpha value is -2.08. The molecule has 1 aromatic carbocycles. The van der Waals surface area contributed by atoms with E-state index < -0.39 is 12.0 Å². The molecule has 0 bridgehead atoms. The number of hydrogen-bond acceptors (Lipinski definition) is 3. The maximum absolute atomic E-state index is 10.6. The summed E-state index contributed by atoms with van der Waals surface area (Å²) in [5.74, 6) is -1.19. The molecule has 0 aliphatic carbocycles. The molecular formula is C9H12N4O2. The Morgan fingerprint density at radius 1 is 1.40 bits per heavy atom. The van der Waals surface area contributed by atoms with Gasteiger partial charge in [0.25, 0.3) is 0 Å². The molecular weight excluding hydrogens is 196 g/mol. The highest BCUT2D eigenvalue weighted by atomic mass is 16.4. The van der Waals surface area contributed by atoms with E-state index in [-0.39, 0.29) is 5.96 Å². The van der Waals surface area contributed by atoms with Crippen molar-refractivity contribution in [3.05, 3.63) is 29.8 Å². The number of guanidine groups is 1. The summed E-state index contributed by atoms with van der Waals surface area (Å²) in [6.07, 6.45) is 0. The molecule has 0 aromatic heterocycles. The van der Waals surface area contributed by atoms with Crippen LogP contribution in [0.25, 0.3) is 0 Å². The zero-order valence-corrected chi connectivity index (χ0v) is 7.92. The molecule has 1 atom stereocenters. The fraction of sp³-hybridized carbons (Fsp3) is 0.111. The number of carboxylic acids is 1. The molecule has 80 valence electrons. The lowest BCUT2D eigenvalue weighted by Gasteiger charge is -2.06. The first kappa shape index (κ1) is 11.0. The molecule has 0 aliphatic rings. The Morgan fingerprint density at radius 2 is 2.07 bits per heavy atom. The molecule has 6 nitrogen and oxygen atoms in total. The van der Waals surface area contributed by atoms with Crippen molar-refractivity contribution in [3.63, 3.8) is 0 Å². The smallest absolute Gasteiger partial charge is 0.325 e. The van der Waals surface area contributed by atoms with E-state index in [9.17, 15) is 4.79 Å². The van der Waals surface area contributed by atoms with Crippen LogP contribution < -0.4 is 17.2 Å². The third-order valence-electron chi connectivity index (χ3n) is 1.75. The van der Waals surface area contributed by atoms with Gasteiger partial charge in [-0.15, -0.1) is 0 Å². The van der Waals surface area contributed by atoms with Crippen molar-refractivity contribution in [2.24, 2.45) is 22.2 Å². The first-order valence-corrected chi connectivity index (χ1v) is 4.18. The molecule has 0 heterocycles. The standard InChI is InChI=1S/C9H12N4O2/c10-7(8(14)15)5-2-1-3-6(4-5)13-9(11)12/h1-4,7H,10H2,(H,14,15)(H4,11,12,13)/t7-/m1/s1. The number of nitrogens with two attached hydrogens (primary N) is 3. The van der Waals surface area contributed by atoms with Gasteiger partial charge < -0.3 is 22.3 Å². The molecule has 0 saturated heterocycles. The molecule has 7 N–H and O–H groups in total. The van der Waals surface area contributed by atoms with Crippen molar-refractivity contribution in [1.29, 1.82) is 0 Å². The molecule has 0 aliphatic heterocycles. The van der Waals surface area contributed by atoms with Gasteiger partial charge in [-0.25, -0.2) is 4.99 Å². The van der Waals surface area contributed by atoms with Gasteiger partial charge in [-0.3, -0.25) is 4.79 Å². The SMILES string of the molecule is NC(N)=Nc1cccc([C@@H](N)C(=O)O)c1. The normalized spacial score (nSPS) is 11.8. The van der Waals surface area contributed by atoms with E-state index in [1.807, 2.05) is 0 Å². The van der Waals surface area contributed by atoms with Crippen LogP contribution >= 0.6 is 0 Å². The Balaban J connectivity index is 3.02. The minimum absolute atomic E-state index is 0.0870. The van der Waals surface area contributed by atoms with Crippen LogP contribution in [0.3, 0.4) is 0 Å². The summed E-state index contributed by atoms with van der Waals surface area (Å²) in [7, 11) is 0. The van der Waals surface area contributed by atoms with Gasteiger partial charge in [0.15, 0.2) is 5.96 Å². The third kappa shape index (κ3) is 2.96. The molecule has 0 fully saturated rings. The number of nitrogens with zero attached hydrogens (tertiary/aromatic N) is 1. The Labute approximate surface area is 86.4 Å². The highest BCUT2D eigenvalue weighted by molar-refractivity contribution is 5.79. The van der Waals surface area contributed by atoms with Gasteiger partial charge in [-0.2, -0.15) is 0 Å². The fourth-order valence-electron chi connectivity index (χ4n) is 1.08. The van der Waals surface area contributed by atoms with Gasteiger partial charge in [0.1, 0.15) is 6.04 Å². The number of carbonyl (C=O) groups is 1. The predicted octanol–water partition coefficient (Wildman–Crippen LogP) is -0.324. The van der Waals surface area contributed by atoms with E-state index in [1.54, 1.807) is 18.2 Å². The Morgan fingerprint density at radius 3 is 2.60 bits per heavy atom. The molecule has 0 radical (unpaired) electrons. The van der Waals surface area contributed by atoms with Crippen molar-refractivity contribution >= 4 is 17.6 Å². The van der Waals surface area contributed by atoms with E-state index in [4.69, 9.17) is 22.3 Å². The minimum Gasteiger partial charge on any atom is -0.480 e. The number of carboxylic acid groups (broad SMARTS) is 1. The molecule has 0 amide bonds. The van der Waals surface area contributed by atoms with Crippen LogP contribution in [0.1, 0.15) is 11.6 Å². The summed E-state index contributed by atoms with van der Waals surface area (Å²) < 4.78 is 0. The molecule has 6 heteroatoms. The average molecular weight is 208 g/mol. The zero-order valence-electron chi connectivity index (χ0n) is 7.92. The average Bonchev–Trinajstić information content (AvgIpc) is 2.16. The fourth-order valence-corrected chi connectivity index (χ4v) is 1.08. The van der Waals surface area contributed by atoms with Crippen LogP contribution in [-0.2, 0) is 4.79 Å². The van der Waals surface area contributed by atoms with Crippen LogP contribution in [0.15, 0.2) is 29.3 Å². The summed E-state index contributed by atoms with van der Waals surface area (Å²) in [6, 6.07) is 5.35. The van der Waals surface area contributed by atoms with Gasteiger partial charge in [0.2, 0.25) is 0 Å². The highest BCUT2D eigenvalue weighted by Crippen LogP contribution is 2.18. The number of rotatable bonds is 3. The Kier molecular flexibility index (Phi) is 3.25. The molecule has 0 unspecified atom stereocenters. The van der Waals surface area contributed by atoms with E-state index in [0.717, 1.165) is 0 Å². The molecule has 0 spiro atoms. The second-order valence-electron chi connectivity index (χ2n) is 2.95. The first-order chi connectivity index (χ1) is 7.00. The van der Waals surface area contributed by atoms with Gasteiger partial charge in [0, 0.05) is 0 Å². The van der Waals surface area contributed by atoms with E-state index >= 15 is 0 Å². The number of aliphatic carboxylic acids is 1. The number of hydrogen-bond donors (Lipinski definition) is 4. The highest BCUT2D eigenvalue weighted by Gasteiger charge is 2.13. The molecule has 1 rings (SSSR count). The van der Waals surface area contributed by atoms with Crippen LogP contribution in [0, 0.1) is 0 Å². The monoisotopic (exact) mass is 208 g/mol. The second-order valence-corrected chi connectivity index (χ2v) is 2.95. The molecule has 15 heavy (non-hydrogen) atoms. The van der Waals surface area contributed by atoms with Gasteiger partial charge in [0.05, 0.1) is 5.69 Å². The van der Waals surface area contributed by atoms with E-state index in [2.05, 4.69) is 4.99 Å². The van der Waals surface area contributed by atoms with Crippen LogP contribution in [0.2, 0.25) is 0 Å². The largest absolute Gasteiger partial charge is 0.480 e. The maximum atomic E-state index is 10.6.